The lowest BCUT2D eigenvalue weighted by molar-refractivity contribution is 0.487. The van der Waals surface area contributed by atoms with E-state index in [-0.39, 0.29) is 0 Å². The molecule has 3 heteroatoms. The maximum Gasteiger partial charge on any atom is 0.0556 e. The lowest BCUT2D eigenvalue weighted by Gasteiger charge is -2.19. The molecule has 0 aromatic carbocycles. The lowest BCUT2D eigenvalue weighted by atomic mass is 9.98. The summed E-state index contributed by atoms with van der Waals surface area (Å²) in [5.74, 6) is 0. The predicted octanol–water partition coefficient (Wildman–Crippen LogP) is 5.14. The molecule has 1 aromatic rings. The van der Waals surface area contributed by atoms with E-state index in [2.05, 4.69) is 50.2 Å². The third-order valence-corrected chi connectivity index (χ3v) is 6.68. The van der Waals surface area contributed by atoms with E-state index in [1.807, 2.05) is 11.3 Å². The smallest absolute Gasteiger partial charge is 0.0556 e. The molecular weight excluding hydrogens is 312 g/mol. The van der Waals surface area contributed by atoms with Gasteiger partial charge in [-0.3, -0.25) is 0 Å². The van der Waals surface area contributed by atoms with Gasteiger partial charge in [0.25, 0.3) is 0 Å². The molecule has 1 heterocycles. The molecule has 72 valence electrons. The number of hydrogen-bond donors (Lipinski definition) is 0. The molecule has 1 atom stereocenters. The van der Waals surface area contributed by atoms with Gasteiger partial charge in [0.05, 0.1) is 4.83 Å². The maximum absolute atomic E-state index is 3.84. The van der Waals surface area contributed by atoms with Crippen LogP contribution in [0.3, 0.4) is 0 Å². The van der Waals surface area contributed by atoms with Gasteiger partial charge in [-0.1, -0.05) is 22.9 Å². The van der Waals surface area contributed by atoms with Crippen LogP contribution in [0.2, 0.25) is 0 Å². The van der Waals surface area contributed by atoms with Crippen molar-refractivity contribution < 1.29 is 0 Å². The molecule has 1 fully saturated rings. The van der Waals surface area contributed by atoms with Crippen molar-refractivity contribution in [2.75, 3.05) is 0 Å². The molecule has 13 heavy (non-hydrogen) atoms. The summed E-state index contributed by atoms with van der Waals surface area (Å²) in [4.78, 5) is 2.01. The SMILES string of the molecule is CCC1(C(Br)c2sccc2Br)CC1. The third kappa shape index (κ3) is 1.75. The summed E-state index contributed by atoms with van der Waals surface area (Å²) >= 11 is 9.28. The minimum atomic E-state index is 0.555. The van der Waals surface area contributed by atoms with Gasteiger partial charge in [0.2, 0.25) is 0 Å². The van der Waals surface area contributed by atoms with E-state index in [0.717, 1.165) is 0 Å². The summed E-state index contributed by atoms with van der Waals surface area (Å²) < 4.78 is 1.26. The zero-order chi connectivity index (χ0) is 9.47. The third-order valence-electron chi connectivity index (χ3n) is 3.01. The second-order valence-corrected chi connectivity index (χ2v) is 6.43. The summed E-state index contributed by atoms with van der Waals surface area (Å²) in [5.41, 5.74) is 0.563. The molecule has 1 aliphatic rings. The zero-order valence-corrected chi connectivity index (χ0v) is 11.5. The van der Waals surface area contributed by atoms with Crippen LogP contribution in [-0.4, -0.2) is 0 Å². The van der Waals surface area contributed by atoms with Crippen molar-refractivity contribution in [1.82, 2.24) is 0 Å². The van der Waals surface area contributed by atoms with Crippen LogP contribution in [0.15, 0.2) is 15.9 Å². The highest BCUT2D eigenvalue weighted by atomic mass is 79.9. The van der Waals surface area contributed by atoms with Crippen LogP contribution >= 0.6 is 43.2 Å². The molecule has 1 aromatic heterocycles. The van der Waals surface area contributed by atoms with Crippen molar-refractivity contribution in [3.05, 3.63) is 20.8 Å². The minimum absolute atomic E-state index is 0.555. The monoisotopic (exact) mass is 322 g/mol. The number of rotatable bonds is 3. The Morgan fingerprint density at radius 3 is 2.69 bits per heavy atom. The maximum atomic E-state index is 3.84. The standard InChI is InChI=1S/C10H12Br2S/c1-2-10(4-5-10)9(12)8-7(11)3-6-13-8/h3,6,9H,2,4-5H2,1H3. The highest BCUT2D eigenvalue weighted by molar-refractivity contribution is 9.11. The summed E-state index contributed by atoms with van der Waals surface area (Å²) in [7, 11) is 0. The quantitative estimate of drug-likeness (QED) is 0.676. The average molecular weight is 324 g/mol. The van der Waals surface area contributed by atoms with Crippen LogP contribution in [0, 0.1) is 5.41 Å². The molecule has 0 saturated heterocycles. The fraction of sp³-hybridized carbons (Fsp3) is 0.600. The van der Waals surface area contributed by atoms with E-state index in [9.17, 15) is 0 Å². The van der Waals surface area contributed by atoms with Crippen LogP contribution in [0.4, 0.5) is 0 Å². The largest absolute Gasteiger partial charge is 0.146 e. The molecule has 0 amide bonds. The van der Waals surface area contributed by atoms with Crippen molar-refractivity contribution in [3.63, 3.8) is 0 Å². The second-order valence-electron chi connectivity index (χ2n) is 3.71. The molecule has 1 saturated carbocycles. The Kier molecular flexibility index (Phi) is 2.87. The number of thiophene rings is 1. The van der Waals surface area contributed by atoms with Gasteiger partial charge in [-0.25, -0.2) is 0 Å². The highest BCUT2D eigenvalue weighted by Gasteiger charge is 2.47. The van der Waals surface area contributed by atoms with Gasteiger partial charge in [-0.2, -0.15) is 0 Å². The van der Waals surface area contributed by atoms with Gasteiger partial charge in [0, 0.05) is 9.35 Å². The number of halogens is 2. The first-order valence-electron chi connectivity index (χ1n) is 4.56. The Morgan fingerprint density at radius 1 is 1.62 bits per heavy atom. The Bertz CT molecular complexity index is 302. The molecular formula is C10H12Br2S. The lowest BCUT2D eigenvalue weighted by Crippen LogP contribution is -2.05. The molecule has 0 bridgehead atoms. The second kappa shape index (κ2) is 3.67. The summed E-state index contributed by atoms with van der Waals surface area (Å²) in [6.45, 7) is 2.29. The molecule has 0 nitrogen and oxygen atoms in total. The first-order valence-corrected chi connectivity index (χ1v) is 7.15. The molecule has 1 unspecified atom stereocenters. The Morgan fingerprint density at radius 2 is 2.31 bits per heavy atom. The number of hydrogen-bond acceptors (Lipinski definition) is 1. The molecule has 0 aliphatic heterocycles. The fourth-order valence-electron chi connectivity index (χ4n) is 1.71. The predicted molar refractivity (Wildman–Crippen MR) is 65.6 cm³/mol. The minimum Gasteiger partial charge on any atom is -0.146 e. The van der Waals surface area contributed by atoms with E-state index >= 15 is 0 Å². The van der Waals surface area contributed by atoms with Crippen molar-refractivity contribution in [2.24, 2.45) is 5.41 Å². The Balaban J connectivity index is 2.22. The van der Waals surface area contributed by atoms with Crippen molar-refractivity contribution in [2.45, 2.75) is 31.0 Å². The van der Waals surface area contributed by atoms with Crippen molar-refractivity contribution in [1.29, 1.82) is 0 Å². The van der Waals surface area contributed by atoms with Crippen molar-refractivity contribution in [3.8, 4) is 0 Å². The number of alkyl halides is 1. The fourth-order valence-corrected chi connectivity index (χ4v) is 5.09. The van der Waals surface area contributed by atoms with Gasteiger partial charge in [0.1, 0.15) is 0 Å². The first kappa shape index (κ1) is 10.2. The van der Waals surface area contributed by atoms with E-state index in [4.69, 9.17) is 0 Å². The summed E-state index contributed by atoms with van der Waals surface area (Å²) in [5, 5.41) is 2.15. The van der Waals surface area contributed by atoms with Crippen molar-refractivity contribution >= 4 is 43.2 Å². The van der Waals surface area contributed by atoms with Gasteiger partial charge >= 0.3 is 0 Å². The summed E-state index contributed by atoms with van der Waals surface area (Å²) in [6, 6.07) is 2.14. The van der Waals surface area contributed by atoms with Gasteiger partial charge in [0.15, 0.2) is 0 Å². The van der Waals surface area contributed by atoms with Crippen LogP contribution < -0.4 is 0 Å². The Labute approximate surface area is 100.0 Å². The van der Waals surface area contributed by atoms with Crippen LogP contribution in [0.25, 0.3) is 0 Å². The van der Waals surface area contributed by atoms with E-state index in [0.29, 0.717) is 10.2 Å². The topological polar surface area (TPSA) is 0 Å². The van der Waals surface area contributed by atoms with Crippen LogP contribution in [0.5, 0.6) is 0 Å². The Hall–Kier alpha value is 0.660. The van der Waals surface area contributed by atoms with E-state index < -0.39 is 0 Å². The van der Waals surface area contributed by atoms with Gasteiger partial charge < -0.3 is 0 Å². The van der Waals surface area contributed by atoms with Crippen LogP contribution in [-0.2, 0) is 0 Å². The normalized spacial score (nSPS) is 21.5. The van der Waals surface area contributed by atoms with Crippen LogP contribution in [0.1, 0.15) is 35.9 Å². The van der Waals surface area contributed by atoms with Gasteiger partial charge in [-0.05, 0) is 52.1 Å². The molecule has 0 N–H and O–H groups in total. The zero-order valence-electron chi connectivity index (χ0n) is 7.52. The molecule has 2 rings (SSSR count). The molecule has 0 spiro atoms. The highest BCUT2D eigenvalue weighted by Crippen LogP contribution is 2.62. The molecule has 1 aliphatic carbocycles. The average Bonchev–Trinajstić information content (AvgIpc) is 2.83. The summed E-state index contributed by atoms with van der Waals surface area (Å²) in [6.07, 6.45) is 4.04. The first-order chi connectivity index (χ1) is 6.19. The van der Waals surface area contributed by atoms with Gasteiger partial charge in [-0.15, -0.1) is 11.3 Å². The van der Waals surface area contributed by atoms with E-state index in [1.165, 1.54) is 28.6 Å². The van der Waals surface area contributed by atoms with E-state index in [1.54, 1.807) is 0 Å². The molecule has 0 radical (unpaired) electrons.